The number of benzene rings is 2. The molecule has 0 spiro atoms. The molecule has 2 heterocycles. The minimum atomic E-state index is -0.450. The molecule has 2 aromatic carbocycles. The normalized spacial score (nSPS) is 21.2. The van der Waals surface area contributed by atoms with Gasteiger partial charge in [0.1, 0.15) is 17.2 Å². The summed E-state index contributed by atoms with van der Waals surface area (Å²) in [4.78, 5) is 30.0. The largest absolute Gasteiger partial charge is 0.496 e. The Morgan fingerprint density at radius 1 is 1.07 bits per heavy atom. The van der Waals surface area contributed by atoms with Crippen molar-refractivity contribution in [2.75, 3.05) is 5.32 Å². The number of hydrogen-bond acceptors (Lipinski definition) is 5. The summed E-state index contributed by atoms with van der Waals surface area (Å²) in [6.07, 6.45) is 4.95. The maximum atomic E-state index is 12.7. The molecule has 1 aliphatic carbocycles. The van der Waals surface area contributed by atoms with E-state index >= 15 is 0 Å². The second kappa shape index (κ2) is 7.20. The van der Waals surface area contributed by atoms with Gasteiger partial charge in [-0.25, -0.2) is 4.98 Å². The first-order valence-corrected chi connectivity index (χ1v) is 9.86. The van der Waals surface area contributed by atoms with Gasteiger partial charge >= 0.3 is 0 Å². The molecule has 1 aromatic heterocycles. The summed E-state index contributed by atoms with van der Waals surface area (Å²) < 4.78 is 11.5. The van der Waals surface area contributed by atoms with Crippen LogP contribution in [0.4, 0.5) is 5.69 Å². The molecular weight excluding hydrogens is 368 g/mol. The van der Waals surface area contributed by atoms with Crippen LogP contribution in [0.25, 0.3) is 22.6 Å². The predicted molar refractivity (Wildman–Crippen MR) is 108 cm³/mol. The van der Waals surface area contributed by atoms with Crippen molar-refractivity contribution in [1.29, 1.82) is 0 Å². The van der Waals surface area contributed by atoms with E-state index in [0.717, 1.165) is 36.8 Å². The third kappa shape index (κ3) is 3.31. The minimum Gasteiger partial charge on any atom is -0.496 e. The lowest BCUT2D eigenvalue weighted by atomic mass is 9.80. The Bertz CT molecular complexity index is 1100. The zero-order valence-electron chi connectivity index (χ0n) is 15.8. The zero-order chi connectivity index (χ0) is 19.8. The summed E-state index contributed by atoms with van der Waals surface area (Å²) >= 11 is 0. The highest BCUT2D eigenvalue weighted by Crippen LogP contribution is 2.33. The van der Waals surface area contributed by atoms with E-state index in [1.54, 1.807) is 12.1 Å². The van der Waals surface area contributed by atoms with Gasteiger partial charge in [-0.2, -0.15) is 0 Å². The molecule has 3 aromatic rings. The molecule has 29 heavy (non-hydrogen) atoms. The fraction of sp³-hybridized carbons (Fsp3) is 0.261. The summed E-state index contributed by atoms with van der Waals surface area (Å²) in [5.74, 6) is -0.300. The maximum Gasteiger partial charge on any atom is 0.262 e. The number of Topliss-reactive ketones (excluding diaryl/α,β-unsaturated/α-hetero) is 1. The second-order valence-corrected chi connectivity index (χ2v) is 7.48. The number of aromatic nitrogens is 1. The molecule has 1 N–H and O–H groups in total. The van der Waals surface area contributed by atoms with Gasteiger partial charge in [0.2, 0.25) is 5.89 Å². The number of amides is 1. The molecule has 6 nitrogen and oxygen atoms in total. The summed E-state index contributed by atoms with van der Waals surface area (Å²) in [7, 11) is 0. The average Bonchev–Trinajstić information content (AvgIpc) is 3.19. The van der Waals surface area contributed by atoms with E-state index < -0.39 is 5.91 Å². The number of fused-ring (bicyclic) bond motifs is 2. The smallest absolute Gasteiger partial charge is 0.262 e. The topological polar surface area (TPSA) is 81.4 Å². The molecule has 2 aliphatic rings. The van der Waals surface area contributed by atoms with Crippen LogP contribution in [0.5, 0.6) is 0 Å². The van der Waals surface area contributed by atoms with Crippen LogP contribution in [0.15, 0.2) is 64.8 Å². The van der Waals surface area contributed by atoms with Crippen LogP contribution in [0, 0.1) is 5.92 Å². The number of ether oxygens (including phenoxy) is 1. The summed E-state index contributed by atoms with van der Waals surface area (Å²) in [5.41, 5.74) is 2.87. The number of carbonyl (C=O) groups excluding carboxylic acids is 2. The number of rotatable bonds is 3. The van der Waals surface area contributed by atoms with E-state index in [2.05, 4.69) is 10.3 Å². The van der Waals surface area contributed by atoms with Crippen LogP contribution in [0.2, 0.25) is 0 Å². The number of nitrogens with zero attached hydrogens (tertiary/aromatic N) is 1. The Morgan fingerprint density at radius 3 is 2.83 bits per heavy atom. The monoisotopic (exact) mass is 388 g/mol. The average molecular weight is 388 g/mol. The number of nitrogens with one attached hydrogen (secondary N) is 1. The van der Waals surface area contributed by atoms with Crippen molar-refractivity contribution in [2.24, 2.45) is 5.92 Å². The van der Waals surface area contributed by atoms with E-state index in [1.165, 1.54) is 6.26 Å². The van der Waals surface area contributed by atoms with Gasteiger partial charge in [0.25, 0.3) is 5.91 Å². The lowest BCUT2D eigenvalue weighted by molar-refractivity contribution is -0.129. The Balaban J connectivity index is 1.37. The van der Waals surface area contributed by atoms with Gasteiger partial charge in [0.05, 0.1) is 12.2 Å². The van der Waals surface area contributed by atoms with Crippen LogP contribution in [0.1, 0.15) is 25.7 Å². The summed E-state index contributed by atoms with van der Waals surface area (Å²) in [6.45, 7) is 0. The molecule has 0 radical (unpaired) electrons. The van der Waals surface area contributed by atoms with Crippen LogP contribution in [0.3, 0.4) is 0 Å². The van der Waals surface area contributed by atoms with E-state index in [4.69, 9.17) is 9.15 Å². The summed E-state index contributed by atoms with van der Waals surface area (Å²) in [6, 6.07) is 14.8. The molecule has 1 amide bonds. The number of oxazole rings is 1. The Labute approximate surface area is 167 Å². The molecule has 1 fully saturated rings. The van der Waals surface area contributed by atoms with Crippen LogP contribution >= 0.6 is 0 Å². The number of carbonyl (C=O) groups is 2. The van der Waals surface area contributed by atoms with Gasteiger partial charge in [-0.05, 0) is 49.6 Å². The molecule has 6 heteroatoms. The van der Waals surface area contributed by atoms with E-state index in [0.29, 0.717) is 17.2 Å². The van der Waals surface area contributed by atoms with Crippen molar-refractivity contribution in [3.63, 3.8) is 0 Å². The van der Waals surface area contributed by atoms with Gasteiger partial charge in [-0.1, -0.05) is 24.6 Å². The fourth-order valence-corrected chi connectivity index (χ4v) is 4.06. The van der Waals surface area contributed by atoms with Crippen molar-refractivity contribution < 1.29 is 18.7 Å². The number of ketones is 1. The van der Waals surface area contributed by atoms with Crippen LogP contribution in [-0.2, 0) is 14.3 Å². The zero-order valence-corrected chi connectivity index (χ0v) is 15.8. The van der Waals surface area contributed by atoms with Gasteiger partial charge < -0.3 is 14.5 Å². The fourth-order valence-electron chi connectivity index (χ4n) is 4.06. The number of anilines is 1. The number of para-hydroxylation sites is 2. The third-order valence-electron chi connectivity index (χ3n) is 5.57. The predicted octanol–water partition coefficient (Wildman–Crippen LogP) is 4.48. The molecular formula is C23H20N2O4. The van der Waals surface area contributed by atoms with Crippen LogP contribution < -0.4 is 5.32 Å². The van der Waals surface area contributed by atoms with E-state index in [-0.39, 0.29) is 23.4 Å². The van der Waals surface area contributed by atoms with Crippen LogP contribution in [-0.4, -0.2) is 22.8 Å². The molecule has 5 rings (SSSR count). The Hall–Kier alpha value is -3.41. The lowest BCUT2D eigenvalue weighted by Gasteiger charge is -2.33. The molecule has 0 saturated heterocycles. The van der Waals surface area contributed by atoms with E-state index in [1.807, 2.05) is 36.4 Å². The highest BCUT2D eigenvalue weighted by atomic mass is 16.5. The van der Waals surface area contributed by atoms with Gasteiger partial charge in [0.15, 0.2) is 11.4 Å². The Morgan fingerprint density at radius 2 is 1.93 bits per heavy atom. The van der Waals surface area contributed by atoms with E-state index in [9.17, 15) is 9.59 Å². The van der Waals surface area contributed by atoms with Crippen molar-refractivity contribution in [3.8, 4) is 11.5 Å². The number of hydrogen-bond donors (Lipinski definition) is 1. The van der Waals surface area contributed by atoms with Gasteiger partial charge in [0, 0.05) is 11.3 Å². The quantitative estimate of drug-likeness (QED) is 0.669. The third-order valence-corrected chi connectivity index (χ3v) is 5.57. The molecule has 2 atom stereocenters. The standard InChI is InChI=1S/C23H20N2O4/c26-21-16-8-1-3-10-19(16)28-13-17(21)22(27)24-15-7-5-6-14(12-15)23-25-18-9-2-4-11-20(18)29-23/h2,4-7,9,11-13,16,19H,1,3,8,10H2,(H,24,27). The molecule has 0 bridgehead atoms. The SMILES string of the molecule is O=C(Nc1cccc(-c2nc3ccccc3o2)c1)C1=COC2CCCCC2C1=O. The first-order chi connectivity index (χ1) is 14.2. The Kier molecular flexibility index (Phi) is 4.39. The van der Waals surface area contributed by atoms with Crippen molar-refractivity contribution in [3.05, 3.63) is 60.4 Å². The molecule has 1 aliphatic heterocycles. The van der Waals surface area contributed by atoms with Gasteiger partial charge in [-0.3, -0.25) is 9.59 Å². The second-order valence-electron chi connectivity index (χ2n) is 7.48. The first-order valence-electron chi connectivity index (χ1n) is 9.86. The highest BCUT2D eigenvalue weighted by Gasteiger charge is 2.39. The molecule has 146 valence electrons. The highest BCUT2D eigenvalue weighted by molar-refractivity contribution is 6.24. The maximum absolute atomic E-state index is 12.7. The van der Waals surface area contributed by atoms with Gasteiger partial charge in [-0.15, -0.1) is 0 Å². The molecule has 2 unspecified atom stereocenters. The summed E-state index contributed by atoms with van der Waals surface area (Å²) in [5, 5.41) is 2.80. The van der Waals surface area contributed by atoms with Crippen molar-refractivity contribution in [1.82, 2.24) is 4.98 Å². The first kappa shape index (κ1) is 17.7. The van der Waals surface area contributed by atoms with Crippen molar-refractivity contribution in [2.45, 2.75) is 31.8 Å². The minimum absolute atomic E-state index is 0.0837. The van der Waals surface area contributed by atoms with Crippen molar-refractivity contribution >= 4 is 28.5 Å². The lowest BCUT2D eigenvalue weighted by Crippen LogP contribution is -2.39. The molecule has 1 saturated carbocycles.